The maximum absolute atomic E-state index is 12.6. The highest BCUT2D eigenvalue weighted by molar-refractivity contribution is 7.14. The van der Waals surface area contributed by atoms with Gasteiger partial charge in [-0.25, -0.2) is 4.79 Å². The summed E-state index contributed by atoms with van der Waals surface area (Å²) in [6.45, 7) is 4.96. The maximum atomic E-state index is 12.6. The van der Waals surface area contributed by atoms with Crippen molar-refractivity contribution < 1.29 is 14.7 Å². The molecule has 1 aromatic heterocycles. The number of nitrogens with zero attached hydrogens (tertiary/aromatic N) is 1. The standard InChI is InChI=1S/C16H15NO3S/c1-9-5-10(2)21-14(9)15(18)17-7-12-4-3-11(16(19)20)6-13(12)8-17/h3-6H,7-8H2,1-2H3,(H,19,20). The fraction of sp³-hybridized carbons (Fsp3) is 0.250. The van der Waals surface area contributed by atoms with Crippen LogP contribution in [0.25, 0.3) is 0 Å². The summed E-state index contributed by atoms with van der Waals surface area (Å²) in [5.74, 6) is -0.911. The van der Waals surface area contributed by atoms with Crippen molar-refractivity contribution in [3.05, 3.63) is 56.3 Å². The lowest BCUT2D eigenvalue weighted by Gasteiger charge is -2.14. The molecule has 2 aromatic rings. The van der Waals surface area contributed by atoms with Crippen LogP contribution >= 0.6 is 11.3 Å². The van der Waals surface area contributed by atoms with Gasteiger partial charge in [0.05, 0.1) is 10.4 Å². The highest BCUT2D eigenvalue weighted by Gasteiger charge is 2.26. The molecule has 0 saturated heterocycles. The topological polar surface area (TPSA) is 57.6 Å². The lowest BCUT2D eigenvalue weighted by molar-refractivity contribution is 0.0696. The van der Waals surface area contributed by atoms with Gasteiger partial charge < -0.3 is 10.0 Å². The smallest absolute Gasteiger partial charge is 0.335 e. The van der Waals surface area contributed by atoms with Gasteiger partial charge in [-0.05, 0) is 48.7 Å². The minimum absolute atomic E-state index is 0.0266. The number of rotatable bonds is 2. The normalized spacial score (nSPS) is 13.3. The van der Waals surface area contributed by atoms with Crippen LogP contribution in [-0.4, -0.2) is 21.9 Å². The van der Waals surface area contributed by atoms with Crippen LogP contribution in [-0.2, 0) is 13.1 Å². The van der Waals surface area contributed by atoms with E-state index in [-0.39, 0.29) is 11.5 Å². The zero-order chi connectivity index (χ0) is 15.1. The van der Waals surface area contributed by atoms with E-state index in [1.807, 2.05) is 19.9 Å². The van der Waals surface area contributed by atoms with Gasteiger partial charge in [-0.1, -0.05) is 6.07 Å². The second kappa shape index (κ2) is 5.00. The summed E-state index contributed by atoms with van der Waals surface area (Å²) in [4.78, 5) is 27.3. The van der Waals surface area contributed by atoms with E-state index in [2.05, 4.69) is 0 Å². The summed E-state index contributed by atoms with van der Waals surface area (Å²) in [6.07, 6.45) is 0. The molecule has 0 aliphatic carbocycles. The first-order valence-electron chi connectivity index (χ1n) is 6.67. The number of fused-ring (bicyclic) bond motifs is 1. The molecule has 1 aliphatic heterocycles. The number of thiophene rings is 1. The zero-order valence-corrected chi connectivity index (χ0v) is 12.7. The number of hydrogen-bond acceptors (Lipinski definition) is 3. The molecule has 2 heterocycles. The van der Waals surface area contributed by atoms with Crippen molar-refractivity contribution in [2.45, 2.75) is 26.9 Å². The Morgan fingerprint density at radius 1 is 1.14 bits per heavy atom. The molecule has 0 fully saturated rings. The molecule has 0 unspecified atom stereocenters. The van der Waals surface area contributed by atoms with Crippen molar-refractivity contribution in [2.24, 2.45) is 0 Å². The number of carbonyl (C=O) groups is 2. The molecular weight excluding hydrogens is 286 g/mol. The summed E-state index contributed by atoms with van der Waals surface area (Å²) in [5, 5.41) is 9.03. The van der Waals surface area contributed by atoms with Crippen LogP contribution in [0, 0.1) is 13.8 Å². The summed E-state index contributed by atoms with van der Waals surface area (Å²) < 4.78 is 0. The predicted molar refractivity (Wildman–Crippen MR) is 80.8 cm³/mol. The molecule has 0 radical (unpaired) electrons. The Hall–Kier alpha value is -2.14. The molecule has 1 aliphatic rings. The van der Waals surface area contributed by atoms with E-state index in [9.17, 15) is 9.59 Å². The monoisotopic (exact) mass is 301 g/mol. The second-order valence-electron chi connectivity index (χ2n) is 5.32. The molecule has 21 heavy (non-hydrogen) atoms. The quantitative estimate of drug-likeness (QED) is 0.926. The molecule has 3 rings (SSSR count). The molecule has 0 saturated carbocycles. The van der Waals surface area contributed by atoms with Crippen LogP contribution in [0.2, 0.25) is 0 Å². The lowest BCUT2D eigenvalue weighted by Crippen LogP contribution is -2.24. The van der Waals surface area contributed by atoms with Gasteiger partial charge in [0.2, 0.25) is 0 Å². The van der Waals surface area contributed by atoms with Gasteiger partial charge >= 0.3 is 5.97 Å². The number of aryl methyl sites for hydroxylation is 2. The van der Waals surface area contributed by atoms with Crippen LogP contribution < -0.4 is 0 Å². The van der Waals surface area contributed by atoms with E-state index >= 15 is 0 Å². The molecule has 1 N–H and O–H groups in total. The van der Waals surface area contributed by atoms with Crippen LogP contribution in [0.4, 0.5) is 0 Å². The van der Waals surface area contributed by atoms with Crippen molar-refractivity contribution in [1.29, 1.82) is 0 Å². The average molecular weight is 301 g/mol. The number of carboxylic acid groups (broad SMARTS) is 1. The third-order valence-corrected chi connectivity index (χ3v) is 4.84. The predicted octanol–water partition coefficient (Wildman–Crippen LogP) is 3.22. The number of aromatic carboxylic acids is 1. The Kier molecular flexibility index (Phi) is 3.29. The third-order valence-electron chi connectivity index (χ3n) is 3.70. The highest BCUT2D eigenvalue weighted by Crippen LogP contribution is 2.29. The van der Waals surface area contributed by atoms with Crippen LogP contribution in [0.15, 0.2) is 24.3 Å². The Morgan fingerprint density at radius 2 is 1.86 bits per heavy atom. The number of carboxylic acids is 1. The zero-order valence-electron chi connectivity index (χ0n) is 11.8. The van der Waals surface area contributed by atoms with E-state index in [4.69, 9.17) is 5.11 Å². The van der Waals surface area contributed by atoms with Gasteiger partial charge in [0.15, 0.2) is 0 Å². The summed E-state index contributed by atoms with van der Waals surface area (Å²) in [7, 11) is 0. The van der Waals surface area contributed by atoms with Crippen LogP contribution in [0.5, 0.6) is 0 Å². The average Bonchev–Trinajstić information content (AvgIpc) is 2.99. The number of amides is 1. The van der Waals surface area contributed by atoms with Crippen LogP contribution in [0.3, 0.4) is 0 Å². The first kappa shape index (κ1) is 13.8. The Balaban J connectivity index is 1.86. The fourth-order valence-corrected chi connectivity index (χ4v) is 3.66. The van der Waals surface area contributed by atoms with E-state index in [0.717, 1.165) is 26.4 Å². The van der Waals surface area contributed by atoms with Crippen molar-refractivity contribution in [3.63, 3.8) is 0 Å². The van der Waals surface area contributed by atoms with Crippen molar-refractivity contribution in [3.8, 4) is 0 Å². The van der Waals surface area contributed by atoms with E-state index < -0.39 is 5.97 Å². The Morgan fingerprint density at radius 3 is 2.48 bits per heavy atom. The SMILES string of the molecule is Cc1cc(C)c(C(=O)N2Cc3ccc(C(=O)O)cc3C2)s1. The molecule has 0 bridgehead atoms. The number of carbonyl (C=O) groups excluding carboxylic acids is 1. The van der Waals surface area contributed by atoms with Gasteiger partial charge in [-0.15, -0.1) is 11.3 Å². The van der Waals surface area contributed by atoms with Crippen molar-refractivity contribution in [1.82, 2.24) is 4.90 Å². The van der Waals surface area contributed by atoms with Gasteiger partial charge in [0.25, 0.3) is 5.91 Å². The van der Waals surface area contributed by atoms with E-state index in [1.54, 1.807) is 23.1 Å². The number of hydrogen-bond donors (Lipinski definition) is 1. The van der Waals surface area contributed by atoms with E-state index in [0.29, 0.717) is 13.1 Å². The highest BCUT2D eigenvalue weighted by atomic mass is 32.1. The second-order valence-corrected chi connectivity index (χ2v) is 6.58. The molecule has 1 aromatic carbocycles. The first-order chi connectivity index (χ1) is 9.95. The largest absolute Gasteiger partial charge is 0.478 e. The maximum Gasteiger partial charge on any atom is 0.335 e. The molecule has 0 atom stereocenters. The Labute approximate surface area is 126 Å². The minimum Gasteiger partial charge on any atom is -0.478 e. The fourth-order valence-electron chi connectivity index (χ4n) is 2.67. The van der Waals surface area contributed by atoms with Gasteiger partial charge in [0, 0.05) is 18.0 Å². The van der Waals surface area contributed by atoms with Gasteiger partial charge in [-0.3, -0.25) is 4.79 Å². The van der Waals surface area contributed by atoms with Gasteiger partial charge in [-0.2, -0.15) is 0 Å². The molecule has 108 valence electrons. The molecule has 4 nitrogen and oxygen atoms in total. The lowest BCUT2D eigenvalue weighted by atomic mass is 10.1. The number of benzene rings is 1. The summed E-state index contributed by atoms with van der Waals surface area (Å²) >= 11 is 1.51. The van der Waals surface area contributed by atoms with Crippen LogP contribution in [0.1, 0.15) is 41.6 Å². The molecule has 5 heteroatoms. The van der Waals surface area contributed by atoms with Gasteiger partial charge in [0.1, 0.15) is 0 Å². The first-order valence-corrected chi connectivity index (χ1v) is 7.49. The third kappa shape index (κ3) is 2.45. The Bertz CT molecular complexity index is 748. The molecular formula is C16H15NO3S. The van der Waals surface area contributed by atoms with E-state index in [1.165, 1.54) is 11.3 Å². The minimum atomic E-state index is -0.938. The van der Waals surface area contributed by atoms with Crippen molar-refractivity contribution in [2.75, 3.05) is 0 Å². The molecule has 0 spiro atoms. The summed E-state index contributed by atoms with van der Waals surface area (Å²) in [5.41, 5.74) is 3.23. The van der Waals surface area contributed by atoms with Crippen molar-refractivity contribution >= 4 is 23.2 Å². The summed E-state index contributed by atoms with van der Waals surface area (Å²) in [6, 6.07) is 7.08. The molecule has 1 amide bonds.